The topological polar surface area (TPSA) is 73.6 Å². The first-order chi connectivity index (χ1) is 12.4. The molecule has 0 aromatic heterocycles. The molecule has 1 fully saturated rings. The van der Waals surface area contributed by atoms with Gasteiger partial charge in [-0.05, 0) is 42.5 Å². The van der Waals surface area contributed by atoms with E-state index in [1.165, 1.54) is 6.08 Å². The zero-order valence-electron chi connectivity index (χ0n) is 15.6. The first-order valence-electron chi connectivity index (χ1n) is 8.74. The van der Waals surface area contributed by atoms with E-state index < -0.39 is 5.97 Å². The van der Waals surface area contributed by atoms with Crippen LogP contribution in [0.25, 0.3) is 6.08 Å². The Kier molecular flexibility index (Phi) is 6.79. The summed E-state index contributed by atoms with van der Waals surface area (Å²) >= 11 is 0. The Balaban J connectivity index is 1.95. The first-order valence-corrected chi connectivity index (χ1v) is 8.74. The maximum absolute atomic E-state index is 12.2. The van der Waals surface area contributed by atoms with Gasteiger partial charge >= 0.3 is 5.97 Å². The molecule has 0 unspecified atom stereocenters. The summed E-state index contributed by atoms with van der Waals surface area (Å²) in [4.78, 5) is 28.0. The Hall–Kier alpha value is -2.81. The van der Waals surface area contributed by atoms with E-state index in [2.05, 4.69) is 6.92 Å². The predicted molar refractivity (Wildman–Crippen MR) is 100 cm³/mol. The molecule has 26 heavy (non-hydrogen) atoms. The van der Waals surface area contributed by atoms with Crippen molar-refractivity contribution in [2.24, 2.45) is 5.92 Å². The van der Waals surface area contributed by atoms with Gasteiger partial charge in [0, 0.05) is 32.9 Å². The lowest BCUT2D eigenvalue weighted by molar-refractivity contribution is -0.149. The van der Waals surface area contributed by atoms with E-state index in [1.54, 1.807) is 4.90 Å². The molecule has 1 aromatic carbocycles. The Bertz CT molecular complexity index is 717. The molecule has 1 atom stereocenters. The van der Waals surface area contributed by atoms with Gasteiger partial charge in [-0.2, -0.15) is 5.26 Å². The number of hydrogen-bond acceptors (Lipinski definition) is 5. The van der Waals surface area contributed by atoms with Crippen molar-refractivity contribution in [3.05, 3.63) is 35.4 Å². The maximum Gasteiger partial charge on any atom is 0.349 e. The molecule has 0 aliphatic carbocycles. The third-order valence-electron chi connectivity index (χ3n) is 4.40. The molecule has 6 nitrogen and oxygen atoms in total. The highest BCUT2D eigenvalue weighted by molar-refractivity contribution is 5.98. The van der Waals surface area contributed by atoms with Crippen LogP contribution >= 0.6 is 0 Å². The van der Waals surface area contributed by atoms with Crippen LogP contribution in [0.5, 0.6) is 0 Å². The van der Waals surface area contributed by atoms with E-state index in [-0.39, 0.29) is 18.1 Å². The van der Waals surface area contributed by atoms with E-state index in [0.717, 1.165) is 24.1 Å². The number of esters is 1. The minimum atomic E-state index is -0.775. The fourth-order valence-electron chi connectivity index (χ4n) is 2.88. The SMILES string of the molecule is C[C@@H]1CCCN(C(=O)COC(=O)/C(C#N)=C/c2ccc(N(C)C)cc2)C1. The van der Waals surface area contributed by atoms with Gasteiger partial charge in [0.25, 0.3) is 5.91 Å². The van der Waals surface area contributed by atoms with E-state index in [9.17, 15) is 14.9 Å². The molecule has 0 saturated carbocycles. The standard InChI is InChI=1S/C20H25N3O3/c1-15-5-4-10-23(13-15)19(24)14-26-20(25)17(12-21)11-16-6-8-18(9-7-16)22(2)3/h6-9,11,15H,4-5,10,13-14H2,1-3H3/b17-11+/t15-/m1/s1. The van der Waals surface area contributed by atoms with Crippen LogP contribution in [-0.4, -0.2) is 50.6 Å². The van der Waals surface area contributed by atoms with Crippen molar-refractivity contribution in [1.82, 2.24) is 4.90 Å². The summed E-state index contributed by atoms with van der Waals surface area (Å²) in [7, 11) is 3.87. The van der Waals surface area contributed by atoms with Crippen molar-refractivity contribution < 1.29 is 14.3 Å². The molecular formula is C20H25N3O3. The minimum absolute atomic E-state index is 0.123. The number of likely N-dealkylation sites (tertiary alicyclic amines) is 1. The smallest absolute Gasteiger partial charge is 0.349 e. The molecule has 1 aromatic rings. The second-order valence-corrected chi connectivity index (χ2v) is 6.82. The summed E-state index contributed by atoms with van der Waals surface area (Å²) in [5.74, 6) is -0.525. The molecule has 0 spiro atoms. The third kappa shape index (κ3) is 5.35. The number of amides is 1. The van der Waals surface area contributed by atoms with Gasteiger partial charge in [-0.15, -0.1) is 0 Å². The fourth-order valence-corrected chi connectivity index (χ4v) is 2.88. The van der Waals surface area contributed by atoms with E-state index >= 15 is 0 Å². The Morgan fingerprint density at radius 3 is 2.62 bits per heavy atom. The zero-order chi connectivity index (χ0) is 19.1. The quantitative estimate of drug-likeness (QED) is 0.461. The zero-order valence-corrected chi connectivity index (χ0v) is 15.6. The third-order valence-corrected chi connectivity index (χ3v) is 4.40. The average Bonchev–Trinajstić information content (AvgIpc) is 2.64. The van der Waals surface area contributed by atoms with Crippen molar-refractivity contribution in [3.63, 3.8) is 0 Å². The van der Waals surface area contributed by atoms with Gasteiger partial charge in [0.1, 0.15) is 11.6 Å². The molecule has 2 rings (SSSR count). The number of benzene rings is 1. The lowest BCUT2D eigenvalue weighted by Crippen LogP contribution is -2.41. The number of piperidine rings is 1. The summed E-state index contributed by atoms with van der Waals surface area (Å²) in [6.07, 6.45) is 3.54. The molecule has 0 N–H and O–H groups in total. The molecule has 0 radical (unpaired) electrons. The van der Waals surface area contributed by atoms with Crippen LogP contribution in [-0.2, 0) is 14.3 Å². The van der Waals surface area contributed by atoms with E-state index in [4.69, 9.17) is 4.74 Å². The maximum atomic E-state index is 12.2. The molecular weight excluding hydrogens is 330 g/mol. The number of nitrogens with zero attached hydrogens (tertiary/aromatic N) is 3. The summed E-state index contributed by atoms with van der Waals surface area (Å²) in [6.45, 7) is 3.16. The average molecular weight is 355 g/mol. The van der Waals surface area contributed by atoms with Crippen LogP contribution in [0.4, 0.5) is 5.69 Å². The number of anilines is 1. The Labute approximate surface area is 154 Å². The van der Waals surface area contributed by atoms with Crippen LogP contribution in [0.1, 0.15) is 25.3 Å². The van der Waals surface area contributed by atoms with Gasteiger partial charge in [-0.25, -0.2) is 4.79 Å². The van der Waals surface area contributed by atoms with Gasteiger partial charge in [-0.3, -0.25) is 4.79 Å². The monoisotopic (exact) mass is 355 g/mol. The molecule has 1 saturated heterocycles. The molecule has 1 aliphatic heterocycles. The van der Waals surface area contributed by atoms with Crippen LogP contribution in [0.15, 0.2) is 29.8 Å². The molecule has 1 aliphatic rings. The molecule has 1 amide bonds. The predicted octanol–water partition coefficient (Wildman–Crippen LogP) is 2.46. The Morgan fingerprint density at radius 1 is 1.35 bits per heavy atom. The normalized spacial score (nSPS) is 17.4. The Morgan fingerprint density at radius 2 is 2.04 bits per heavy atom. The first kappa shape index (κ1) is 19.5. The van der Waals surface area contributed by atoms with Crippen LogP contribution in [0.2, 0.25) is 0 Å². The highest BCUT2D eigenvalue weighted by Gasteiger charge is 2.22. The van der Waals surface area contributed by atoms with Crippen molar-refractivity contribution in [1.29, 1.82) is 5.26 Å². The number of carbonyl (C=O) groups excluding carboxylic acids is 2. The lowest BCUT2D eigenvalue weighted by atomic mass is 10.0. The van der Waals surface area contributed by atoms with Crippen molar-refractivity contribution >= 4 is 23.6 Å². The summed E-state index contributed by atoms with van der Waals surface area (Å²) in [5.41, 5.74) is 1.62. The largest absolute Gasteiger partial charge is 0.451 e. The van der Waals surface area contributed by atoms with Crippen molar-refractivity contribution in [2.45, 2.75) is 19.8 Å². The molecule has 1 heterocycles. The van der Waals surface area contributed by atoms with E-state index in [0.29, 0.717) is 19.0 Å². The fraction of sp³-hybridized carbons (Fsp3) is 0.450. The second-order valence-electron chi connectivity index (χ2n) is 6.82. The number of carbonyl (C=O) groups is 2. The van der Waals surface area contributed by atoms with Crippen molar-refractivity contribution in [3.8, 4) is 6.07 Å². The van der Waals surface area contributed by atoms with Gasteiger partial charge in [0.2, 0.25) is 0 Å². The van der Waals surface area contributed by atoms with Crippen LogP contribution in [0, 0.1) is 17.2 Å². The van der Waals surface area contributed by atoms with E-state index in [1.807, 2.05) is 49.3 Å². The van der Waals surface area contributed by atoms with Gasteiger partial charge in [-0.1, -0.05) is 19.1 Å². The number of ether oxygens (including phenoxy) is 1. The number of rotatable bonds is 5. The van der Waals surface area contributed by atoms with Crippen LogP contribution < -0.4 is 4.90 Å². The van der Waals surface area contributed by atoms with Gasteiger partial charge in [0.05, 0.1) is 0 Å². The molecule has 0 bridgehead atoms. The lowest BCUT2D eigenvalue weighted by Gasteiger charge is -2.30. The summed E-state index contributed by atoms with van der Waals surface area (Å²) in [5, 5.41) is 9.23. The number of nitriles is 1. The highest BCUT2D eigenvalue weighted by Crippen LogP contribution is 2.16. The van der Waals surface area contributed by atoms with Crippen molar-refractivity contribution in [2.75, 3.05) is 38.7 Å². The summed E-state index contributed by atoms with van der Waals surface area (Å²) in [6, 6.07) is 9.28. The van der Waals surface area contributed by atoms with Crippen LogP contribution in [0.3, 0.4) is 0 Å². The van der Waals surface area contributed by atoms with Gasteiger partial charge < -0.3 is 14.5 Å². The molecule has 138 valence electrons. The minimum Gasteiger partial charge on any atom is -0.451 e. The number of hydrogen-bond donors (Lipinski definition) is 0. The second kappa shape index (κ2) is 9.04. The highest BCUT2D eigenvalue weighted by atomic mass is 16.5. The summed E-state index contributed by atoms with van der Waals surface area (Å²) < 4.78 is 5.05. The molecule has 6 heteroatoms. The van der Waals surface area contributed by atoms with Gasteiger partial charge in [0.15, 0.2) is 6.61 Å².